The van der Waals surface area contributed by atoms with Gasteiger partial charge >= 0.3 is 0 Å². The second kappa shape index (κ2) is 4.96. The summed E-state index contributed by atoms with van der Waals surface area (Å²) in [4.78, 5) is 5.32. The van der Waals surface area contributed by atoms with Crippen molar-refractivity contribution in [3.8, 4) is 16.6 Å². The Kier molecular flexibility index (Phi) is 3.59. The average molecular weight is 314 g/mol. The summed E-state index contributed by atoms with van der Waals surface area (Å²) in [5.41, 5.74) is 1.01. The van der Waals surface area contributed by atoms with Gasteiger partial charge in [0, 0.05) is 10.6 Å². The first kappa shape index (κ1) is 11.6. The lowest BCUT2D eigenvalue weighted by Crippen LogP contribution is -1.75. The van der Waals surface area contributed by atoms with Gasteiger partial charge in [0.05, 0.1) is 17.4 Å². The zero-order chi connectivity index (χ0) is 11.5. The minimum absolute atomic E-state index is 0.381. The molecule has 0 spiro atoms. The van der Waals surface area contributed by atoms with Gasteiger partial charge in [-0.2, -0.15) is 5.26 Å². The predicted molar refractivity (Wildman–Crippen MR) is 69.6 cm³/mol. The van der Waals surface area contributed by atoms with Gasteiger partial charge in [-0.25, -0.2) is 4.98 Å². The topological polar surface area (TPSA) is 36.7 Å². The van der Waals surface area contributed by atoms with Gasteiger partial charge in [-0.3, -0.25) is 0 Å². The lowest BCUT2D eigenvalue weighted by molar-refractivity contribution is 1.24. The van der Waals surface area contributed by atoms with Gasteiger partial charge in [-0.15, -0.1) is 11.3 Å². The van der Waals surface area contributed by atoms with E-state index in [0.29, 0.717) is 11.4 Å². The van der Waals surface area contributed by atoms with Crippen molar-refractivity contribution in [2.24, 2.45) is 0 Å². The second-order valence-electron chi connectivity index (χ2n) is 3.07. The first-order valence-corrected chi connectivity index (χ1v) is 6.47. The Morgan fingerprint density at radius 3 is 2.69 bits per heavy atom. The summed E-state index contributed by atoms with van der Waals surface area (Å²) in [6.45, 7) is 0. The Morgan fingerprint density at radius 1 is 1.38 bits per heavy atom. The molecule has 1 aromatic carbocycles. The Balaban J connectivity index is 2.38. The molecule has 0 atom stereocenters. The average Bonchev–Trinajstić information content (AvgIpc) is 2.62. The van der Waals surface area contributed by atoms with Crippen LogP contribution in [0.1, 0.15) is 4.88 Å². The van der Waals surface area contributed by atoms with E-state index in [-0.39, 0.29) is 0 Å². The molecule has 1 heterocycles. The maximum atomic E-state index is 8.65. The van der Waals surface area contributed by atoms with E-state index in [4.69, 9.17) is 16.9 Å². The van der Waals surface area contributed by atoms with Crippen LogP contribution in [0.25, 0.3) is 10.6 Å². The molecule has 1 aromatic heterocycles. The number of benzene rings is 1. The highest BCUT2D eigenvalue weighted by atomic mass is 79.9. The fourth-order valence-electron chi connectivity index (χ4n) is 1.23. The summed E-state index contributed by atoms with van der Waals surface area (Å²) >= 11 is 10.7. The van der Waals surface area contributed by atoms with Crippen LogP contribution in [0.15, 0.2) is 28.9 Å². The van der Waals surface area contributed by atoms with Crippen molar-refractivity contribution in [3.05, 3.63) is 38.8 Å². The predicted octanol–water partition coefficient (Wildman–Crippen LogP) is 4.29. The molecule has 0 saturated carbocycles. The molecule has 80 valence electrons. The standard InChI is InChI=1S/C11H6BrClN2S/c12-10-9(5-6-14)16-11(15-10)7-1-3-8(13)4-2-7/h1-4H,5H2. The minimum Gasteiger partial charge on any atom is -0.229 e. The number of nitriles is 1. The second-order valence-corrected chi connectivity index (χ2v) is 5.35. The van der Waals surface area contributed by atoms with Crippen molar-refractivity contribution in [2.75, 3.05) is 0 Å². The first-order chi connectivity index (χ1) is 7.70. The fraction of sp³-hybridized carbons (Fsp3) is 0.0909. The molecule has 0 aliphatic carbocycles. The molecule has 0 fully saturated rings. The van der Waals surface area contributed by atoms with Gasteiger partial charge in [0.2, 0.25) is 0 Å². The Morgan fingerprint density at radius 2 is 2.06 bits per heavy atom. The largest absolute Gasteiger partial charge is 0.229 e. The summed E-state index contributed by atoms with van der Waals surface area (Å²) in [7, 11) is 0. The molecule has 2 nitrogen and oxygen atoms in total. The van der Waals surface area contributed by atoms with Crippen molar-refractivity contribution in [2.45, 2.75) is 6.42 Å². The van der Waals surface area contributed by atoms with Gasteiger partial charge in [0.15, 0.2) is 0 Å². The maximum absolute atomic E-state index is 8.65. The van der Waals surface area contributed by atoms with Crippen LogP contribution in [0.2, 0.25) is 5.02 Å². The molecule has 0 radical (unpaired) electrons. The van der Waals surface area contributed by atoms with Gasteiger partial charge in [0.1, 0.15) is 9.61 Å². The van der Waals surface area contributed by atoms with Gasteiger partial charge in [0.25, 0.3) is 0 Å². The van der Waals surface area contributed by atoms with Crippen LogP contribution in [0.5, 0.6) is 0 Å². The molecule has 16 heavy (non-hydrogen) atoms. The van der Waals surface area contributed by atoms with Crippen molar-refractivity contribution in [1.82, 2.24) is 4.98 Å². The van der Waals surface area contributed by atoms with E-state index in [1.165, 1.54) is 11.3 Å². The van der Waals surface area contributed by atoms with Gasteiger partial charge in [-0.05, 0) is 28.1 Å². The quantitative estimate of drug-likeness (QED) is 0.829. The number of aromatic nitrogens is 1. The van der Waals surface area contributed by atoms with Crippen molar-refractivity contribution < 1.29 is 0 Å². The number of nitrogens with zero attached hydrogens (tertiary/aromatic N) is 2. The molecule has 0 bridgehead atoms. The highest BCUT2D eigenvalue weighted by Crippen LogP contribution is 2.31. The number of halogens is 2. The highest BCUT2D eigenvalue weighted by molar-refractivity contribution is 9.10. The van der Waals surface area contributed by atoms with Crippen LogP contribution in [0.3, 0.4) is 0 Å². The molecule has 2 aromatic rings. The summed E-state index contributed by atoms with van der Waals surface area (Å²) in [6, 6.07) is 9.62. The first-order valence-electron chi connectivity index (χ1n) is 4.49. The minimum atomic E-state index is 0.381. The number of rotatable bonds is 2. The highest BCUT2D eigenvalue weighted by Gasteiger charge is 2.09. The molecule has 0 aliphatic rings. The zero-order valence-electron chi connectivity index (χ0n) is 8.08. The smallest absolute Gasteiger partial charge is 0.124 e. The van der Waals surface area contributed by atoms with Crippen molar-refractivity contribution in [3.63, 3.8) is 0 Å². The number of hydrogen-bond donors (Lipinski definition) is 0. The zero-order valence-corrected chi connectivity index (χ0v) is 11.2. The molecule has 5 heteroatoms. The number of thiazole rings is 1. The third kappa shape index (κ3) is 2.43. The van der Waals surface area contributed by atoms with E-state index in [9.17, 15) is 0 Å². The summed E-state index contributed by atoms with van der Waals surface area (Å²) in [5, 5.41) is 10.3. The van der Waals surface area contributed by atoms with Crippen LogP contribution in [0, 0.1) is 11.3 Å². The van der Waals surface area contributed by atoms with E-state index in [1.54, 1.807) is 0 Å². The lowest BCUT2D eigenvalue weighted by atomic mass is 10.2. The molecule has 2 rings (SSSR count). The van der Waals surface area contributed by atoms with E-state index in [2.05, 4.69) is 27.0 Å². The molecule has 0 aliphatic heterocycles. The third-order valence-electron chi connectivity index (χ3n) is 1.98. The molecule has 0 saturated heterocycles. The van der Waals surface area contributed by atoms with Crippen molar-refractivity contribution in [1.29, 1.82) is 5.26 Å². The Labute approximate surface area is 111 Å². The molecule has 0 N–H and O–H groups in total. The van der Waals surface area contributed by atoms with Crippen LogP contribution < -0.4 is 0 Å². The lowest BCUT2D eigenvalue weighted by Gasteiger charge is -1.94. The SMILES string of the molecule is N#CCc1sc(-c2ccc(Cl)cc2)nc1Br. The molecular weight excluding hydrogens is 308 g/mol. The van der Waals surface area contributed by atoms with Gasteiger partial charge < -0.3 is 0 Å². The van der Waals surface area contributed by atoms with Crippen LogP contribution in [-0.4, -0.2) is 4.98 Å². The monoisotopic (exact) mass is 312 g/mol. The normalized spacial score (nSPS) is 10.1. The van der Waals surface area contributed by atoms with E-state index in [0.717, 1.165) is 20.1 Å². The summed E-state index contributed by atoms with van der Waals surface area (Å²) in [5.74, 6) is 0. The fourth-order valence-corrected chi connectivity index (χ4v) is 2.92. The van der Waals surface area contributed by atoms with Crippen LogP contribution in [0.4, 0.5) is 0 Å². The van der Waals surface area contributed by atoms with Crippen LogP contribution >= 0.6 is 38.9 Å². The van der Waals surface area contributed by atoms with Gasteiger partial charge in [-0.1, -0.05) is 23.7 Å². The van der Waals surface area contributed by atoms with Crippen LogP contribution in [-0.2, 0) is 6.42 Å². The maximum Gasteiger partial charge on any atom is 0.124 e. The number of hydrogen-bond acceptors (Lipinski definition) is 3. The Bertz CT molecular complexity index is 542. The molecule has 0 amide bonds. The van der Waals surface area contributed by atoms with E-state index in [1.807, 2.05) is 24.3 Å². The molecule has 0 unspecified atom stereocenters. The molecular formula is C11H6BrClN2S. The van der Waals surface area contributed by atoms with Crippen molar-refractivity contribution >= 4 is 38.9 Å². The van der Waals surface area contributed by atoms with E-state index < -0.39 is 0 Å². The van der Waals surface area contributed by atoms with E-state index >= 15 is 0 Å². The summed E-state index contributed by atoms with van der Waals surface area (Å²) in [6.07, 6.45) is 0.381. The third-order valence-corrected chi connectivity index (χ3v) is 4.26. The Hall–Kier alpha value is -0.890. The summed E-state index contributed by atoms with van der Waals surface area (Å²) < 4.78 is 0.754.